The highest BCUT2D eigenvalue weighted by Crippen LogP contribution is 1.92. The van der Waals surface area contributed by atoms with Gasteiger partial charge in [-0.15, -0.1) is 0 Å². The molecule has 0 aliphatic carbocycles. The van der Waals surface area contributed by atoms with Gasteiger partial charge < -0.3 is 4.55 Å². The minimum absolute atomic E-state index is 0.623. The first-order chi connectivity index (χ1) is 5.10. The Morgan fingerprint density at radius 3 is 1.42 bits per heavy atom. The number of nitrogens with one attached hydrogen (secondary N) is 2. The summed E-state index contributed by atoms with van der Waals surface area (Å²) in [5.74, 6) is 0. The summed E-state index contributed by atoms with van der Waals surface area (Å²) < 4.78 is 72.8. The molecule has 0 saturated heterocycles. The first kappa shape index (κ1) is 12.0. The summed E-state index contributed by atoms with van der Waals surface area (Å²) in [7, 11) is -10.7. The van der Waals surface area contributed by atoms with E-state index >= 15 is 0 Å². The summed E-state index contributed by atoms with van der Waals surface area (Å²) in [6, 6.07) is 0. The second kappa shape index (κ2) is 3.80. The molecule has 0 amide bonds. The average Bonchev–Trinajstić information content (AvgIpc) is 1.49. The highest BCUT2D eigenvalue weighted by atomic mass is 32.3. The van der Waals surface area contributed by atoms with Crippen LogP contribution in [0.5, 0.6) is 0 Å². The van der Waals surface area contributed by atoms with E-state index in [9.17, 15) is 29.2 Å². The minimum Gasteiger partial charge on any atom is -0.577 e. The van der Waals surface area contributed by atoms with E-state index < -0.39 is 32.4 Å². The standard InChI is InChI=1S/F2H2N2O5S3/c1-11(6,7)3-10(5)4-12(2,8)9/h3-4H. The van der Waals surface area contributed by atoms with E-state index in [0.29, 0.717) is 8.25 Å². The smallest absolute Gasteiger partial charge is 0.413 e. The van der Waals surface area contributed by atoms with Gasteiger partial charge in [0.25, 0.3) is 0 Å². The van der Waals surface area contributed by atoms with Crippen LogP contribution in [0.3, 0.4) is 0 Å². The van der Waals surface area contributed by atoms with Gasteiger partial charge in [0.1, 0.15) is 0 Å². The van der Waals surface area contributed by atoms with Crippen LogP contribution in [0.2, 0.25) is 0 Å². The van der Waals surface area contributed by atoms with Gasteiger partial charge in [-0.1, -0.05) is 7.77 Å². The highest BCUT2D eigenvalue weighted by Gasteiger charge is 2.23. The van der Waals surface area contributed by atoms with Crippen molar-refractivity contribution in [1.82, 2.24) is 8.25 Å². The van der Waals surface area contributed by atoms with Crippen LogP contribution in [0.4, 0.5) is 7.77 Å². The third-order valence-electron chi connectivity index (χ3n) is 0.350. The predicted octanol–water partition coefficient (Wildman–Crippen LogP) is -1.83. The molecule has 0 heterocycles. The van der Waals surface area contributed by atoms with Gasteiger partial charge in [0, 0.05) is 8.25 Å². The molecule has 0 aromatic carbocycles. The van der Waals surface area contributed by atoms with Crippen LogP contribution in [-0.4, -0.2) is 21.4 Å². The van der Waals surface area contributed by atoms with Crippen molar-refractivity contribution in [2.24, 2.45) is 0 Å². The van der Waals surface area contributed by atoms with Crippen molar-refractivity contribution >= 4 is 32.4 Å². The van der Waals surface area contributed by atoms with Crippen molar-refractivity contribution in [3.63, 3.8) is 0 Å². The summed E-state index contributed by atoms with van der Waals surface area (Å²) in [4.78, 5) is 0. The second-order valence-corrected chi connectivity index (χ2v) is 4.93. The van der Waals surface area contributed by atoms with Crippen LogP contribution in [-0.2, 0) is 32.4 Å². The van der Waals surface area contributed by atoms with Gasteiger partial charge in [0.15, 0.2) is 11.5 Å². The lowest BCUT2D eigenvalue weighted by atomic mass is 13.8. The molecule has 0 aromatic heterocycles. The lowest BCUT2D eigenvalue weighted by Crippen LogP contribution is -2.40. The molecule has 74 valence electrons. The molecule has 2 N–H and O–H groups in total. The highest BCUT2D eigenvalue weighted by molar-refractivity contribution is 8.07. The summed E-state index contributed by atoms with van der Waals surface area (Å²) in [5.41, 5.74) is 0. The maximum atomic E-state index is 11.5. The van der Waals surface area contributed by atoms with Crippen LogP contribution in [0.1, 0.15) is 0 Å². The summed E-state index contributed by atoms with van der Waals surface area (Å²) >= 11 is -3.08. The molecule has 7 nitrogen and oxygen atoms in total. The van der Waals surface area contributed by atoms with Crippen LogP contribution < -0.4 is 8.25 Å². The second-order valence-electron chi connectivity index (χ2n) is 1.31. The zero-order valence-corrected chi connectivity index (χ0v) is 7.47. The molecule has 12 heavy (non-hydrogen) atoms. The van der Waals surface area contributed by atoms with Crippen molar-refractivity contribution in [2.45, 2.75) is 0 Å². The fourth-order valence-corrected chi connectivity index (χ4v) is 2.09. The number of hydrogen-bond acceptors (Lipinski definition) is 5. The van der Waals surface area contributed by atoms with Gasteiger partial charge in [-0.25, -0.2) is 0 Å². The zero-order chi connectivity index (χ0) is 9.99. The van der Waals surface area contributed by atoms with Gasteiger partial charge >= 0.3 is 20.8 Å². The molecule has 0 saturated carbocycles. The maximum Gasteiger partial charge on any atom is 0.413 e. The zero-order valence-electron chi connectivity index (χ0n) is 5.02. The molecular formula is H2F2N2O5S3. The molecule has 0 spiro atoms. The Kier molecular flexibility index (Phi) is 3.80. The van der Waals surface area contributed by atoms with Gasteiger partial charge in [0.05, 0.1) is 0 Å². The van der Waals surface area contributed by atoms with Gasteiger partial charge in [0.2, 0.25) is 0 Å². The first-order valence-corrected chi connectivity index (χ1v) is 5.88. The van der Waals surface area contributed by atoms with Gasteiger partial charge in [-0.2, -0.15) is 16.8 Å². The molecule has 0 atom stereocenters. The van der Waals surface area contributed by atoms with Gasteiger partial charge in [-0.05, 0) is 0 Å². The Balaban J connectivity index is 4.19. The normalized spacial score (nSPS) is 13.7. The lowest BCUT2D eigenvalue weighted by molar-refractivity contribution is 0.535. The van der Waals surface area contributed by atoms with E-state index in [2.05, 4.69) is 0 Å². The molecule has 0 fully saturated rings. The Labute approximate surface area is 70.3 Å². The third-order valence-corrected chi connectivity index (χ3v) is 3.15. The van der Waals surface area contributed by atoms with Crippen LogP contribution >= 0.6 is 0 Å². The fraction of sp³-hybridized carbons (Fsp3) is 0. The SMILES string of the molecule is O=S(=O)(F)N[S+]([O-])NS(=O)(=O)F. The van der Waals surface area contributed by atoms with E-state index in [4.69, 9.17) is 0 Å². The van der Waals surface area contributed by atoms with E-state index in [1.54, 1.807) is 0 Å². The molecule has 12 heteroatoms. The molecule has 0 unspecified atom stereocenters. The fourth-order valence-electron chi connectivity index (χ4n) is 0.198. The van der Waals surface area contributed by atoms with Crippen molar-refractivity contribution < 1.29 is 29.2 Å². The quantitative estimate of drug-likeness (QED) is 0.446. The van der Waals surface area contributed by atoms with E-state index in [1.807, 2.05) is 0 Å². The summed E-state index contributed by atoms with van der Waals surface area (Å²) in [6.07, 6.45) is 0. The van der Waals surface area contributed by atoms with Crippen LogP contribution in [0.15, 0.2) is 0 Å². The number of halogens is 2. The van der Waals surface area contributed by atoms with Crippen LogP contribution in [0.25, 0.3) is 0 Å². The number of rotatable bonds is 4. The molecule has 0 radical (unpaired) electrons. The van der Waals surface area contributed by atoms with Crippen molar-refractivity contribution in [3.8, 4) is 0 Å². The Bertz CT molecular complexity index is 296. The van der Waals surface area contributed by atoms with Crippen molar-refractivity contribution in [1.29, 1.82) is 0 Å². The molecule has 0 aliphatic heterocycles. The van der Waals surface area contributed by atoms with Crippen molar-refractivity contribution in [3.05, 3.63) is 0 Å². The minimum atomic E-state index is -5.34. The molecular weight excluding hydrogens is 242 g/mol. The van der Waals surface area contributed by atoms with Gasteiger partial charge in [-0.3, -0.25) is 0 Å². The van der Waals surface area contributed by atoms with E-state index in [0.717, 1.165) is 0 Å². The first-order valence-electron chi connectivity index (χ1n) is 1.96. The Morgan fingerprint density at radius 2 is 1.25 bits per heavy atom. The maximum absolute atomic E-state index is 11.5. The van der Waals surface area contributed by atoms with Crippen molar-refractivity contribution in [2.75, 3.05) is 0 Å². The Morgan fingerprint density at radius 1 is 1.00 bits per heavy atom. The lowest BCUT2D eigenvalue weighted by Gasteiger charge is -2.03. The molecule has 0 bridgehead atoms. The number of hydrogen-bond donors (Lipinski definition) is 2. The monoisotopic (exact) mass is 244 g/mol. The molecule has 0 rings (SSSR count). The molecule has 0 aromatic rings. The average molecular weight is 244 g/mol. The summed E-state index contributed by atoms with van der Waals surface area (Å²) in [6.45, 7) is 0. The topological polar surface area (TPSA) is 115 Å². The van der Waals surface area contributed by atoms with E-state index in [1.165, 1.54) is 0 Å². The largest absolute Gasteiger partial charge is 0.577 e. The Hall–Kier alpha value is -0.0100. The predicted molar refractivity (Wildman–Crippen MR) is 34.5 cm³/mol. The molecule has 0 aliphatic rings. The summed E-state index contributed by atoms with van der Waals surface area (Å²) in [5, 5.41) is 0. The van der Waals surface area contributed by atoms with Crippen LogP contribution in [0, 0.1) is 0 Å². The third kappa shape index (κ3) is 8.09. The van der Waals surface area contributed by atoms with E-state index in [-0.39, 0.29) is 0 Å².